The molecule has 7 nitrogen and oxygen atoms in total. The average molecular weight is 451 g/mol. The predicted molar refractivity (Wildman–Crippen MR) is 126 cm³/mol. The lowest BCUT2D eigenvalue weighted by atomic mass is 10.0. The summed E-state index contributed by atoms with van der Waals surface area (Å²) in [5, 5.41) is 4.63. The second-order valence-electron chi connectivity index (χ2n) is 8.36. The minimum absolute atomic E-state index is 0.0487. The fourth-order valence-electron chi connectivity index (χ4n) is 3.95. The number of nitrogens with zero attached hydrogens (tertiary/aromatic N) is 1. The Hall–Kier alpha value is -3.81. The average Bonchev–Trinajstić information content (AvgIpc) is 3.36. The maximum atomic E-state index is 14.2. The lowest BCUT2D eigenvalue weighted by Gasteiger charge is -2.11. The van der Waals surface area contributed by atoms with Crippen molar-refractivity contribution in [2.75, 3.05) is 27.2 Å². The zero-order chi connectivity index (χ0) is 23.7. The number of amides is 2. The molecule has 0 bridgehead atoms. The second kappa shape index (κ2) is 8.97. The quantitative estimate of drug-likeness (QED) is 0.400. The molecule has 0 radical (unpaired) electrons. The summed E-state index contributed by atoms with van der Waals surface area (Å²) in [5.74, 6) is -0.0768. The van der Waals surface area contributed by atoms with Crippen LogP contribution in [-0.2, 0) is 11.2 Å². The molecule has 2 aromatic carbocycles. The van der Waals surface area contributed by atoms with Crippen LogP contribution in [0.25, 0.3) is 21.8 Å². The number of carbonyl (C=O) groups is 2. The van der Waals surface area contributed by atoms with E-state index < -0.39 is 0 Å². The van der Waals surface area contributed by atoms with E-state index in [1.807, 2.05) is 19.9 Å². The normalized spacial score (nSPS) is 11.2. The van der Waals surface area contributed by atoms with Crippen molar-refractivity contribution in [3.63, 3.8) is 0 Å². The fraction of sp³-hybridized carbons (Fsp3) is 0.280. The van der Waals surface area contributed by atoms with Gasteiger partial charge in [0.1, 0.15) is 17.3 Å². The van der Waals surface area contributed by atoms with Gasteiger partial charge in [-0.05, 0) is 61.7 Å². The minimum Gasteiger partial charge on any atom is -0.484 e. The highest BCUT2D eigenvalue weighted by Gasteiger charge is 2.15. The monoisotopic (exact) mass is 450 g/mol. The molecular weight excluding hydrogens is 423 g/mol. The number of nitrogens with one attached hydrogen (secondary N) is 3. The maximum Gasteiger partial charge on any atom is 0.267 e. The summed E-state index contributed by atoms with van der Waals surface area (Å²) in [4.78, 5) is 32.1. The Morgan fingerprint density at radius 3 is 2.64 bits per heavy atom. The topological polar surface area (TPSA) is 90.2 Å². The molecule has 2 heterocycles. The summed E-state index contributed by atoms with van der Waals surface area (Å²) in [6.07, 6.45) is 0.583. The number of halogens is 1. The van der Waals surface area contributed by atoms with Crippen molar-refractivity contribution >= 4 is 33.6 Å². The molecule has 0 aliphatic carbocycles. The molecule has 4 aromatic rings. The van der Waals surface area contributed by atoms with Crippen LogP contribution in [-0.4, -0.2) is 53.9 Å². The summed E-state index contributed by atoms with van der Waals surface area (Å²) < 4.78 is 19.7. The second-order valence-corrected chi connectivity index (χ2v) is 8.36. The van der Waals surface area contributed by atoms with Crippen LogP contribution in [0.1, 0.15) is 27.3 Å². The maximum absolute atomic E-state index is 14.2. The number of rotatable bonds is 7. The number of hydrogen-bond donors (Lipinski definition) is 3. The first-order chi connectivity index (χ1) is 15.7. The Labute approximate surface area is 190 Å². The Bertz CT molecular complexity index is 1350. The predicted octanol–water partition coefficient (Wildman–Crippen LogP) is 3.84. The van der Waals surface area contributed by atoms with Crippen LogP contribution < -0.4 is 10.1 Å². The molecule has 0 unspecified atom stereocenters. The number of aryl methyl sites for hydroxylation is 2. The standard InChI is InChI=1S/C25H27FN4O3/c1-14-5-7-19(26)24-23(14)18(15(2)28-24)9-10-27-25(32)21-12-16-11-17(6-8-20(16)29-21)33-13-22(31)30(3)4/h5-8,11-12,28-29H,9-10,13H2,1-4H3,(H,27,32). The van der Waals surface area contributed by atoms with Gasteiger partial charge in [0.25, 0.3) is 11.8 Å². The number of hydrogen-bond acceptors (Lipinski definition) is 3. The van der Waals surface area contributed by atoms with Crippen molar-refractivity contribution in [1.82, 2.24) is 20.2 Å². The third kappa shape index (κ3) is 4.55. The Morgan fingerprint density at radius 2 is 1.88 bits per heavy atom. The van der Waals surface area contributed by atoms with Gasteiger partial charge in [0, 0.05) is 42.6 Å². The SMILES string of the molecule is Cc1[nH]c2c(F)ccc(C)c2c1CCNC(=O)c1cc2cc(OCC(=O)N(C)C)ccc2[nH]1. The molecule has 172 valence electrons. The Morgan fingerprint density at radius 1 is 1.09 bits per heavy atom. The molecule has 0 saturated heterocycles. The summed E-state index contributed by atoms with van der Waals surface area (Å²) in [7, 11) is 3.34. The highest BCUT2D eigenvalue weighted by molar-refractivity contribution is 5.98. The molecule has 2 amide bonds. The molecule has 33 heavy (non-hydrogen) atoms. The van der Waals surface area contributed by atoms with Gasteiger partial charge >= 0.3 is 0 Å². The highest BCUT2D eigenvalue weighted by atomic mass is 19.1. The van der Waals surface area contributed by atoms with Gasteiger partial charge in [-0.15, -0.1) is 0 Å². The van der Waals surface area contributed by atoms with E-state index >= 15 is 0 Å². The van der Waals surface area contributed by atoms with E-state index in [2.05, 4.69) is 15.3 Å². The van der Waals surface area contributed by atoms with Gasteiger partial charge in [0.2, 0.25) is 0 Å². The molecule has 8 heteroatoms. The van der Waals surface area contributed by atoms with Crippen LogP contribution in [0.5, 0.6) is 5.75 Å². The Kier molecular flexibility index (Phi) is 6.09. The summed E-state index contributed by atoms with van der Waals surface area (Å²) in [6, 6.07) is 10.3. The summed E-state index contributed by atoms with van der Waals surface area (Å²) >= 11 is 0. The van der Waals surface area contributed by atoms with E-state index in [4.69, 9.17) is 4.74 Å². The lowest BCUT2D eigenvalue weighted by Crippen LogP contribution is -2.27. The van der Waals surface area contributed by atoms with Gasteiger partial charge in [0.15, 0.2) is 6.61 Å². The molecule has 2 aromatic heterocycles. The van der Waals surface area contributed by atoms with E-state index in [0.29, 0.717) is 29.9 Å². The first-order valence-electron chi connectivity index (χ1n) is 10.7. The van der Waals surface area contributed by atoms with Gasteiger partial charge in [0.05, 0.1) is 5.52 Å². The molecule has 0 saturated carbocycles. The molecule has 4 rings (SSSR count). The van der Waals surface area contributed by atoms with Crippen molar-refractivity contribution in [3.05, 3.63) is 64.7 Å². The first-order valence-corrected chi connectivity index (χ1v) is 10.7. The van der Waals surface area contributed by atoms with Gasteiger partial charge in [-0.25, -0.2) is 4.39 Å². The van der Waals surface area contributed by atoms with E-state index in [1.165, 1.54) is 11.0 Å². The third-order valence-electron chi connectivity index (χ3n) is 5.79. The van der Waals surface area contributed by atoms with E-state index in [-0.39, 0.29) is 24.2 Å². The fourth-order valence-corrected chi connectivity index (χ4v) is 3.95. The van der Waals surface area contributed by atoms with E-state index in [9.17, 15) is 14.0 Å². The third-order valence-corrected chi connectivity index (χ3v) is 5.79. The molecular formula is C25H27FN4O3. The number of H-pyrrole nitrogens is 2. The Balaban J connectivity index is 1.42. The largest absolute Gasteiger partial charge is 0.484 e. The van der Waals surface area contributed by atoms with E-state index in [1.54, 1.807) is 38.4 Å². The number of fused-ring (bicyclic) bond motifs is 2. The summed E-state index contributed by atoms with van der Waals surface area (Å²) in [5.41, 5.74) is 4.65. The van der Waals surface area contributed by atoms with Gasteiger partial charge in [-0.2, -0.15) is 0 Å². The molecule has 0 fully saturated rings. The molecule has 0 spiro atoms. The zero-order valence-electron chi connectivity index (χ0n) is 19.1. The van der Waals surface area contributed by atoms with Crippen LogP contribution in [0.3, 0.4) is 0 Å². The first kappa shape index (κ1) is 22.4. The minimum atomic E-state index is -0.276. The number of carbonyl (C=O) groups excluding carboxylic acids is 2. The summed E-state index contributed by atoms with van der Waals surface area (Å²) in [6.45, 7) is 4.24. The number of aromatic nitrogens is 2. The van der Waals surface area contributed by atoms with Gasteiger partial charge < -0.3 is 24.9 Å². The van der Waals surface area contributed by atoms with Crippen LogP contribution in [0, 0.1) is 19.7 Å². The zero-order valence-corrected chi connectivity index (χ0v) is 19.1. The van der Waals surface area contributed by atoms with Gasteiger partial charge in [-0.3, -0.25) is 9.59 Å². The van der Waals surface area contributed by atoms with Crippen molar-refractivity contribution in [2.45, 2.75) is 20.3 Å². The van der Waals surface area contributed by atoms with Crippen molar-refractivity contribution in [2.24, 2.45) is 0 Å². The highest BCUT2D eigenvalue weighted by Crippen LogP contribution is 2.28. The van der Waals surface area contributed by atoms with Gasteiger partial charge in [-0.1, -0.05) is 6.07 Å². The smallest absolute Gasteiger partial charge is 0.267 e. The number of likely N-dealkylation sites (N-methyl/N-ethyl adjacent to an activating group) is 1. The van der Waals surface area contributed by atoms with Crippen LogP contribution in [0.15, 0.2) is 36.4 Å². The molecule has 0 aliphatic heterocycles. The van der Waals surface area contributed by atoms with Crippen molar-refractivity contribution in [1.29, 1.82) is 0 Å². The number of benzene rings is 2. The van der Waals surface area contributed by atoms with Crippen molar-refractivity contribution < 1.29 is 18.7 Å². The lowest BCUT2D eigenvalue weighted by molar-refractivity contribution is -0.130. The number of ether oxygens (including phenoxy) is 1. The molecule has 0 atom stereocenters. The van der Waals surface area contributed by atoms with E-state index in [0.717, 1.165) is 33.1 Å². The molecule has 0 aliphatic rings. The van der Waals surface area contributed by atoms with Crippen LogP contribution in [0.2, 0.25) is 0 Å². The molecule has 3 N–H and O–H groups in total. The van der Waals surface area contributed by atoms with Crippen molar-refractivity contribution in [3.8, 4) is 5.75 Å². The van der Waals surface area contributed by atoms with Crippen LogP contribution in [0.4, 0.5) is 4.39 Å². The number of aromatic amines is 2. The van der Waals surface area contributed by atoms with Crippen LogP contribution >= 0.6 is 0 Å².